The van der Waals surface area contributed by atoms with Crippen molar-refractivity contribution in [2.45, 2.75) is 19.8 Å². The Kier molecular flexibility index (Phi) is 8.33. The SMILES string of the molecule is CCNC(=O)CN1CCN(C(=O)C2CCN(C(=O)c3cc(OC)cc(OC)c3)CC2)CC1. The fraction of sp³-hybridized carbons (Fsp3) is 0.609. The lowest BCUT2D eigenvalue weighted by molar-refractivity contribution is -0.138. The zero-order valence-corrected chi connectivity index (χ0v) is 19.3. The van der Waals surface area contributed by atoms with Crippen molar-refractivity contribution < 1.29 is 23.9 Å². The van der Waals surface area contributed by atoms with Crippen LogP contribution in [-0.2, 0) is 9.59 Å². The van der Waals surface area contributed by atoms with Gasteiger partial charge in [0, 0.05) is 63.4 Å². The van der Waals surface area contributed by atoms with E-state index < -0.39 is 0 Å². The minimum Gasteiger partial charge on any atom is -0.497 e. The molecule has 3 rings (SSSR count). The van der Waals surface area contributed by atoms with Crippen molar-refractivity contribution in [3.8, 4) is 11.5 Å². The second-order valence-electron chi connectivity index (χ2n) is 8.22. The summed E-state index contributed by atoms with van der Waals surface area (Å²) in [5.74, 6) is 1.20. The van der Waals surface area contributed by atoms with Gasteiger partial charge in [-0.15, -0.1) is 0 Å². The van der Waals surface area contributed by atoms with Crippen LogP contribution in [0.1, 0.15) is 30.1 Å². The van der Waals surface area contributed by atoms with Crippen LogP contribution >= 0.6 is 0 Å². The molecule has 1 aromatic rings. The van der Waals surface area contributed by atoms with Crippen molar-refractivity contribution in [3.05, 3.63) is 23.8 Å². The summed E-state index contributed by atoms with van der Waals surface area (Å²) in [7, 11) is 3.11. The molecule has 9 heteroatoms. The van der Waals surface area contributed by atoms with Crippen LogP contribution in [0.3, 0.4) is 0 Å². The first-order chi connectivity index (χ1) is 15.4. The monoisotopic (exact) mass is 446 g/mol. The van der Waals surface area contributed by atoms with E-state index in [1.165, 1.54) is 0 Å². The molecule has 0 aromatic heterocycles. The van der Waals surface area contributed by atoms with E-state index in [0.29, 0.717) is 82.3 Å². The number of rotatable bonds is 7. The van der Waals surface area contributed by atoms with Crippen LogP contribution in [0.15, 0.2) is 18.2 Å². The summed E-state index contributed by atoms with van der Waals surface area (Å²) < 4.78 is 10.5. The van der Waals surface area contributed by atoms with E-state index in [4.69, 9.17) is 9.47 Å². The number of nitrogens with zero attached hydrogens (tertiary/aromatic N) is 3. The van der Waals surface area contributed by atoms with Crippen molar-refractivity contribution in [2.75, 3.05) is 66.6 Å². The number of carbonyl (C=O) groups excluding carboxylic acids is 3. The number of likely N-dealkylation sites (tertiary alicyclic amines) is 1. The first kappa shape index (κ1) is 23.8. The third kappa shape index (κ3) is 5.91. The number of amides is 3. The summed E-state index contributed by atoms with van der Waals surface area (Å²) in [5.41, 5.74) is 0.522. The molecular formula is C23H34N4O5. The van der Waals surface area contributed by atoms with Gasteiger partial charge in [0.05, 0.1) is 20.8 Å². The first-order valence-electron chi connectivity index (χ1n) is 11.2. The Morgan fingerprint density at radius 1 is 0.906 bits per heavy atom. The second-order valence-corrected chi connectivity index (χ2v) is 8.22. The highest BCUT2D eigenvalue weighted by atomic mass is 16.5. The highest BCUT2D eigenvalue weighted by molar-refractivity contribution is 5.95. The van der Waals surface area contributed by atoms with Gasteiger partial charge in [-0.1, -0.05) is 0 Å². The molecule has 1 N–H and O–H groups in total. The minimum absolute atomic E-state index is 0.0259. The molecule has 0 unspecified atom stereocenters. The minimum atomic E-state index is -0.0768. The summed E-state index contributed by atoms with van der Waals surface area (Å²) in [5, 5.41) is 2.81. The van der Waals surface area contributed by atoms with Crippen molar-refractivity contribution in [3.63, 3.8) is 0 Å². The Labute approximate surface area is 189 Å². The van der Waals surface area contributed by atoms with Crippen molar-refractivity contribution >= 4 is 17.7 Å². The number of likely N-dealkylation sites (N-methyl/N-ethyl adjacent to an activating group) is 1. The van der Waals surface area contributed by atoms with Gasteiger partial charge in [-0.3, -0.25) is 19.3 Å². The molecule has 2 fully saturated rings. The molecule has 2 saturated heterocycles. The van der Waals surface area contributed by atoms with Gasteiger partial charge in [-0.2, -0.15) is 0 Å². The largest absolute Gasteiger partial charge is 0.497 e. The molecule has 1 aromatic carbocycles. The van der Waals surface area contributed by atoms with Gasteiger partial charge in [0.2, 0.25) is 11.8 Å². The lowest BCUT2D eigenvalue weighted by Gasteiger charge is -2.38. The fourth-order valence-electron chi connectivity index (χ4n) is 4.28. The molecule has 0 radical (unpaired) electrons. The quantitative estimate of drug-likeness (QED) is 0.667. The number of ether oxygens (including phenoxy) is 2. The molecule has 2 aliphatic heterocycles. The van der Waals surface area contributed by atoms with E-state index in [9.17, 15) is 14.4 Å². The second kappa shape index (κ2) is 11.2. The number of carbonyl (C=O) groups is 3. The predicted molar refractivity (Wildman–Crippen MR) is 120 cm³/mol. The van der Waals surface area contributed by atoms with E-state index in [0.717, 1.165) is 0 Å². The van der Waals surface area contributed by atoms with Crippen molar-refractivity contribution in [1.82, 2.24) is 20.0 Å². The van der Waals surface area contributed by atoms with Crippen LogP contribution < -0.4 is 14.8 Å². The van der Waals surface area contributed by atoms with Gasteiger partial charge in [-0.25, -0.2) is 0 Å². The summed E-state index contributed by atoms with van der Waals surface area (Å²) in [4.78, 5) is 43.5. The van der Waals surface area contributed by atoms with Gasteiger partial charge in [0.15, 0.2) is 0 Å². The highest BCUT2D eigenvalue weighted by Gasteiger charge is 2.32. The number of hydrogen-bond donors (Lipinski definition) is 1. The average molecular weight is 447 g/mol. The maximum Gasteiger partial charge on any atom is 0.254 e. The molecule has 0 aliphatic carbocycles. The Balaban J connectivity index is 1.49. The lowest BCUT2D eigenvalue weighted by Crippen LogP contribution is -2.53. The van der Waals surface area contributed by atoms with E-state index >= 15 is 0 Å². The maximum absolute atomic E-state index is 13.0. The van der Waals surface area contributed by atoms with Gasteiger partial charge >= 0.3 is 0 Å². The topological polar surface area (TPSA) is 91.4 Å². The first-order valence-corrected chi connectivity index (χ1v) is 11.2. The van der Waals surface area contributed by atoms with Crippen LogP contribution in [0.25, 0.3) is 0 Å². The Bertz CT molecular complexity index is 792. The van der Waals surface area contributed by atoms with Crippen LogP contribution in [0, 0.1) is 5.92 Å². The van der Waals surface area contributed by atoms with Gasteiger partial charge in [0.1, 0.15) is 11.5 Å². The summed E-state index contributed by atoms with van der Waals surface area (Å²) in [6.07, 6.45) is 1.32. The zero-order chi connectivity index (χ0) is 23.1. The third-order valence-electron chi connectivity index (χ3n) is 6.15. The molecule has 9 nitrogen and oxygen atoms in total. The molecule has 0 spiro atoms. The molecule has 0 saturated carbocycles. The van der Waals surface area contributed by atoms with Gasteiger partial charge < -0.3 is 24.6 Å². The summed E-state index contributed by atoms with van der Waals surface area (Å²) in [6, 6.07) is 5.16. The van der Waals surface area contributed by atoms with Crippen LogP contribution in [0.2, 0.25) is 0 Å². The maximum atomic E-state index is 13.0. The van der Waals surface area contributed by atoms with Gasteiger partial charge in [-0.05, 0) is 31.9 Å². The standard InChI is InChI=1S/C23H34N4O5/c1-4-24-21(28)16-25-9-11-27(12-10-25)22(29)17-5-7-26(8-6-17)23(30)18-13-19(31-2)15-20(14-18)32-3/h13-15,17H,4-12,16H2,1-3H3,(H,24,28). The third-order valence-corrected chi connectivity index (χ3v) is 6.15. The van der Waals surface area contributed by atoms with E-state index in [2.05, 4.69) is 10.2 Å². The van der Waals surface area contributed by atoms with E-state index in [1.54, 1.807) is 37.3 Å². The van der Waals surface area contributed by atoms with Crippen molar-refractivity contribution in [1.29, 1.82) is 0 Å². The number of piperidine rings is 1. The van der Waals surface area contributed by atoms with Crippen LogP contribution in [0.4, 0.5) is 0 Å². The summed E-state index contributed by atoms with van der Waals surface area (Å²) >= 11 is 0. The van der Waals surface area contributed by atoms with E-state index in [-0.39, 0.29) is 23.6 Å². The smallest absolute Gasteiger partial charge is 0.254 e. The molecule has 2 aliphatic rings. The molecule has 0 bridgehead atoms. The number of piperazine rings is 1. The van der Waals surface area contributed by atoms with Crippen LogP contribution in [0.5, 0.6) is 11.5 Å². The Morgan fingerprint density at radius 3 is 2.03 bits per heavy atom. The summed E-state index contributed by atoms with van der Waals surface area (Å²) in [6.45, 7) is 6.70. The molecule has 0 atom stereocenters. The molecule has 176 valence electrons. The van der Waals surface area contributed by atoms with Crippen molar-refractivity contribution in [2.24, 2.45) is 5.92 Å². The number of nitrogens with one attached hydrogen (secondary N) is 1. The van der Waals surface area contributed by atoms with E-state index in [1.807, 2.05) is 11.8 Å². The normalized spacial score (nSPS) is 17.7. The molecular weight excluding hydrogens is 412 g/mol. The number of benzene rings is 1. The highest BCUT2D eigenvalue weighted by Crippen LogP contribution is 2.26. The Hall–Kier alpha value is -2.81. The van der Waals surface area contributed by atoms with Crippen LogP contribution in [-0.4, -0.2) is 99.0 Å². The molecule has 32 heavy (non-hydrogen) atoms. The Morgan fingerprint density at radius 2 is 1.50 bits per heavy atom. The number of hydrogen-bond acceptors (Lipinski definition) is 6. The molecule has 2 heterocycles. The average Bonchev–Trinajstić information content (AvgIpc) is 2.83. The zero-order valence-electron chi connectivity index (χ0n) is 19.3. The number of methoxy groups -OCH3 is 2. The lowest BCUT2D eigenvalue weighted by atomic mass is 9.94. The predicted octanol–water partition coefficient (Wildman–Crippen LogP) is 0.836. The molecule has 3 amide bonds. The fourth-order valence-corrected chi connectivity index (χ4v) is 4.28. The van der Waals surface area contributed by atoms with Gasteiger partial charge in [0.25, 0.3) is 5.91 Å².